The fraction of sp³-hybridized carbons (Fsp3) is 0.400. The van der Waals surface area contributed by atoms with Gasteiger partial charge >= 0.3 is 5.97 Å². The Balaban J connectivity index is 2.20. The lowest BCUT2D eigenvalue weighted by Crippen LogP contribution is -2.20. The van der Waals surface area contributed by atoms with Crippen LogP contribution in [0.15, 0.2) is 18.2 Å². The quantitative estimate of drug-likeness (QED) is 0.688. The maximum atomic E-state index is 14.0. The molecule has 0 aliphatic heterocycles. The van der Waals surface area contributed by atoms with Crippen LogP contribution in [0, 0.1) is 5.82 Å². The van der Waals surface area contributed by atoms with Crippen molar-refractivity contribution in [3.8, 4) is 0 Å². The van der Waals surface area contributed by atoms with Crippen molar-refractivity contribution in [2.45, 2.75) is 32.4 Å². The minimum Gasteiger partial charge on any atom is -0.477 e. The van der Waals surface area contributed by atoms with Crippen molar-refractivity contribution in [2.24, 2.45) is 0 Å². The van der Waals surface area contributed by atoms with E-state index in [-0.39, 0.29) is 17.5 Å². The second kappa shape index (κ2) is 6.98. The number of halogens is 1. The summed E-state index contributed by atoms with van der Waals surface area (Å²) in [6.07, 6.45) is 0.897. The molecule has 114 valence electrons. The van der Waals surface area contributed by atoms with E-state index < -0.39 is 11.8 Å². The van der Waals surface area contributed by atoms with E-state index in [9.17, 15) is 19.4 Å². The van der Waals surface area contributed by atoms with Crippen molar-refractivity contribution in [3.63, 3.8) is 0 Å². The first kappa shape index (κ1) is 15.9. The summed E-state index contributed by atoms with van der Waals surface area (Å²) in [5.41, 5.74) is 0.478. The molecular weight excluding hydrogens is 293 g/mol. The normalized spacial score (nSPS) is 12.7. The molecule has 1 aromatic heterocycles. The lowest BCUT2D eigenvalue weighted by atomic mass is 10.1. The van der Waals surface area contributed by atoms with Gasteiger partial charge in [0.25, 0.3) is 0 Å². The molecule has 1 atom stereocenters. The predicted octanol–water partition coefficient (Wildman–Crippen LogP) is 2.99. The molecule has 0 saturated heterocycles. The van der Waals surface area contributed by atoms with Crippen molar-refractivity contribution >= 4 is 27.4 Å². The summed E-state index contributed by atoms with van der Waals surface area (Å²) >= 11 is 1.09. The van der Waals surface area contributed by atoms with Crippen LogP contribution in [0.1, 0.15) is 35.0 Å². The van der Waals surface area contributed by atoms with Gasteiger partial charge in [-0.25, -0.2) is 9.18 Å². The number of aliphatic hydroxyl groups excluding tert-OH is 1. The van der Waals surface area contributed by atoms with Crippen LogP contribution in [-0.4, -0.2) is 28.8 Å². The number of benzene rings is 1. The highest BCUT2D eigenvalue weighted by Crippen LogP contribution is 2.33. The maximum Gasteiger partial charge on any atom is 0.346 e. The number of thiophene rings is 1. The van der Waals surface area contributed by atoms with E-state index in [1.54, 1.807) is 12.1 Å². The molecule has 0 saturated carbocycles. The molecule has 2 rings (SSSR count). The highest BCUT2D eigenvalue weighted by Gasteiger charge is 2.19. The van der Waals surface area contributed by atoms with Gasteiger partial charge in [-0.05, 0) is 31.5 Å². The summed E-state index contributed by atoms with van der Waals surface area (Å²) in [5, 5.41) is 22.2. The van der Waals surface area contributed by atoms with E-state index in [2.05, 4.69) is 5.32 Å². The van der Waals surface area contributed by atoms with Crippen molar-refractivity contribution in [1.29, 1.82) is 0 Å². The highest BCUT2D eigenvalue weighted by molar-refractivity contribution is 7.21. The monoisotopic (exact) mass is 311 g/mol. The molecule has 6 heteroatoms. The summed E-state index contributed by atoms with van der Waals surface area (Å²) in [7, 11) is 0. The number of rotatable bonds is 7. The number of hydrogen-bond donors (Lipinski definition) is 3. The molecule has 0 aliphatic carbocycles. The average Bonchev–Trinajstić information content (AvgIpc) is 2.83. The molecule has 0 bridgehead atoms. The third-order valence-corrected chi connectivity index (χ3v) is 4.57. The Morgan fingerprint density at radius 3 is 2.90 bits per heavy atom. The molecular formula is C15H18FNO3S. The van der Waals surface area contributed by atoms with Gasteiger partial charge in [-0.3, -0.25) is 0 Å². The zero-order valence-corrected chi connectivity index (χ0v) is 12.5. The van der Waals surface area contributed by atoms with Crippen molar-refractivity contribution in [3.05, 3.63) is 34.5 Å². The van der Waals surface area contributed by atoms with E-state index in [0.717, 1.165) is 11.3 Å². The third-order valence-electron chi connectivity index (χ3n) is 3.38. The van der Waals surface area contributed by atoms with Crippen LogP contribution in [0.4, 0.5) is 4.39 Å². The third kappa shape index (κ3) is 3.58. The van der Waals surface area contributed by atoms with Gasteiger partial charge in [0.05, 0.1) is 6.10 Å². The van der Waals surface area contributed by atoms with Crippen molar-refractivity contribution < 1.29 is 19.4 Å². The van der Waals surface area contributed by atoms with Crippen LogP contribution >= 0.6 is 11.3 Å². The molecule has 1 heterocycles. The number of aliphatic hydroxyl groups is 1. The van der Waals surface area contributed by atoms with Crippen LogP contribution in [0.25, 0.3) is 10.1 Å². The maximum absolute atomic E-state index is 14.0. The first-order valence-electron chi connectivity index (χ1n) is 6.86. The molecule has 0 aliphatic rings. The largest absolute Gasteiger partial charge is 0.477 e. The molecule has 0 spiro atoms. The summed E-state index contributed by atoms with van der Waals surface area (Å²) in [6, 6.07) is 4.64. The SMILES string of the molecule is CCC(O)CCNCc1c(C(=O)O)sc2cccc(F)c12. The second-order valence-electron chi connectivity index (χ2n) is 4.86. The number of carboxylic acids is 1. The minimum absolute atomic E-state index is 0.165. The van der Waals surface area contributed by atoms with Gasteiger partial charge in [-0.2, -0.15) is 0 Å². The first-order chi connectivity index (χ1) is 10.0. The molecule has 0 fully saturated rings. The zero-order chi connectivity index (χ0) is 15.4. The van der Waals surface area contributed by atoms with E-state index in [4.69, 9.17) is 0 Å². The topological polar surface area (TPSA) is 69.6 Å². The summed E-state index contributed by atoms with van der Waals surface area (Å²) < 4.78 is 14.6. The highest BCUT2D eigenvalue weighted by atomic mass is 32.1. The average molecular weight is 311 g/mol. The molecule has 2 aromatic rings. The van der Waals surface area contributed by atoms with Crippen molar-refractivity contribution in [2.75, 3.05) is 6.54 Å². The number of carbonyl (C=O) groups is 1. The van der Waals surface area contributed by atoms with Gasteiger partial charge in [-0.1, -0.05) is 13.0 Å². The van der Waals surface area contributed by atoms with Crippen LogP contribution in [0.5, 0.6) is 0 Å². The van der Waals surface area contributed by atoms with E-state index in [0.29, 0.717) is 35.0 Å². The Morgan fingerprint density at radius 1 is 1.48 bits per heavy atom. The van der Waals surface area contributed by atoms with E-state index in [1.165, 1.54) is 6.07 Å². The molecule has 0 radical (unpaired) electrons. The summed E-state index contributed by atoms with van der Waals surface area (Å²) in [6.45, 7) is 2.73. The molecule has 4 nitrogen and oxygen atoms in total. The number of fused-ring (bicyclic) bond motifs is 1. The minimum atomic E-state index is -1.04. The lowest BCUT2D eigenvalue weighted by Gasteiger charge is -2.09. The summed E-state index contributed by atoms with van der Waals surface area (Å²) in [4.78, 5) is 11.5. The van der Waals surface area contributed by atoms with E-state index in [1.807, 2.05) is 6.92 Å². The number of hydrogen-bond acceptors (Lipinski definition) is 4. The smallest absolute Gasteiger partial charge is 0.346 e. The Labute approximate surface area is 126 Å². The number of aromatic carboxylic acids is 1. The Bertz CT molecular complexity index is 641. The fourth-order valence-corrected chi connectivity index (χ4v) is 3.27. The Morgan fingerprint density at radius 2 is 2.24 bits per heavy atom. The van der Waals surface area contributed by atoms with Gasteiger partial charge in [0.15, 0.2) is 0 Å². The van der Waals surface area contributed by atoms with Crippen LogP contribution < -0.4 is 5.32 Å². The van der Waals surface area contributed by atoms with Gasteiger partial charge < -0.3 is 15.5 Å². The van der Waals surface area contributed by atoms with Gasteiger partial charge in [0, 0.05) is 22.2 Å². The predicted molar refractivity (Wildman–Crippen MR) is 81.4 cm³/mol. The number of carboxylic acid groups (broad SMARTS) is 1. The Hall–Kier alpha value is -1.50. The zero-order valence-electron chi connectivity index (χ0n) is 11.7. The van der Waals surface area contributed by atoms with Gasteiger partial charge in [0.1, 0.15) is 10.7 Å². The van der Waals surface area contributed by atoms with Crippen LogP contribution in [0.3, 0.4) is 0 Å². The molecule has 0 amide bonds. The summed E-state index contributed by atoms with van der Waals surface area (Å²) in [5.74, 6) is -1.44. The van der Waals surface area contributed by atoms with Crippen LogP contribution in [0.2, 0.25) is 0 Å². The lowest BCUT2D eigenvalue weighted by molar-refractivity contribution is 0.0701. The second-order valence-corrected chi connectivity index (χ2v) is 5.91. The van der Waals surface area contributed by atoms with Crippen molar-refractivity contribution in [1.82, 2.24) is 5.32 Å². The first-order valence-corrected chi connectivity index (χ1v) is 7.68. The van der Waals surface area contributed by atoms with Crippen LogP contribution in [-0.2, 0) is 6.54 Å². The molecule has 21 heavy (non-hydrogen) atoms. The molecule has 3 N–H and O–H groups in total. The Kier molecular flexibility index (Phi) is 5.27. The molecule has 1 aromatic carbocycles. The van der Waals surface area contributed by atoms with Gasteiger partial charge in [-0.15, -0.1) is 11.3 Å². The number of nitrogens with one attached hydrogen (secondary N) is 1. The standard InChI is InChI=1S/C15H18FNO3S/c1-2-9(18)6-7-17-8-10-13-11(16)4-3-5-12(13)21-14(10)15(19)20/h3-5,9,17-18H,2,6-8H2,1H3,(H,19,20). The van der Waals surface area contributed by atoms with Gasteiger partial charge in [0.2, 0.25) is 0 Å². The fourth-order valence-electron chi connectivity index (χ4n) is 2.19. The molecule has 1 unspecified atom stereocenters. The van der Waals surface area contributed by atoms with E-state index >= 15 is 0 Å².